The summed E-state index contributed by atoms with van der Waals surface area (Å²) >= 11 is 6.21. The Bertz CT molecular complexity index is 1210. The zero-order valence-electron chi connectivity index (χ0n) is 26.8. The number of nitrogens with zero attached hydrogens (tertiary/aromatic N) is 5. The van der Waals surface area contributed by atoms with Gasteiger partial charge in [0.1, 0.15) is 6.04 Å². The molecule has 8 nitrogen and oxygen atoms in total. The molecule has 244 valence electrons. The molecule has 1 aliphatic carbocycles. The number of benzene rings is 1. The fourth-order valence-electron chi connectivity index (χ4n) is 7.71. The van der Waals surface area contributed by atoms with Crippen LogP contribution in [-0.4, -0.2) is 125 Å². The molecule has 3 heterocycles. The van der Waals surface area contributed by atoms with Crippen molar-refractivity contribution in [3.8, 4) is 0 Å². The van der Waals surface area contributed by atoms with Crippen LogP contribution in [0.4, 0.5) is 8.78 Å². The van der Waals surface area contributed by atoms with Gasteiger partial charge in [-0.2, -0.15) is 0 Å². The van der Waals surface area contributed by atoms with Crippen molar-refractivity contribution in [1.29, 1.82) is 0 Å². The van der Waals surface area contributed by atoms with E-state index in [2.05, 4.69) is 30.6 Å². The first-order valence-electron chi connectivity index (χ1n) is 16.1. The third kappa shape index (κ3) is 7.07. The summed E-state index contributed by atoms with van der Waals surface area (Å²) in [6.45, 7) is 12.1. The molecule has 3 saturated heterocycles. The fraction of sp³-hybridized carbons (Fsp3) is 0.727. The van der Waals surface area contributed by atoms with Crippen LogP contribution < -0.4 is 0 Å². The minimum Gasteiger partial charge on any atom is -0.338 e. The van der Waals surface area contributed by atoms with Crippen molar-refractivity contribution in [3.05, 3.63) is 34.9 Å². The van der Waals surface area contributed by atoms with Gasteiger partial charge in [0.2, 0.25) is 23.6 Å². The number of hydrogen-bond donors (Lipinski definition) is 0. The molecule has 1 aromatic rings. The highest BCUT2D eigenvalue weighted by molar-refractivity contribution is 6.30. The van der Waals surface area contributed by atoms with Gasteiger partial charge in [-0.15, -0.1) is 0 Å². The quantitative estimate of drug-likeness (QED) is 0.482. The number of piperazine rings is 1. The van der Waals surface area contributed by atoms with Crippen molar-refractivity contribution in [1.82, 2.24) is 24.5 Å². The number of likely N-dealkylation sites (tertiary alicyclic amines) is 2. The predicted octanol–water partition coefficient (Wildman–Crippen LogP) is 4.32. The summed E-state index contributed by atoms with van der Waals surface area (Å²) in [6, 6.07) is 6.24. The average Bonchev–Trinajstić information content (AvgIpc) is 3.60. The van der Waals surface area contributed by atoms with Gasteiger partial charge in [-0.25, -0.2) is 8.78 Å². The number of carbonyl (C=O) groups excluding carboxylic acids is 3. The normalized spacial score (nSPS) is 28.8. The summed E-state index contributed by atoms with van der Waals surface area (Å²) in [5.74, 6) is -3.52. The second kappa shape index (κ2) is 12.8. The molecule has 3 aliphatic heterocycles. The van der Waals surface area contributed by atoms with Gasteiger partial charge in [0.25, 0.3) is 0 Å². The van der Waals surface area contributed by atoms with Crippen LogP contribution in [0, 0.1) is 5.92 Å². The van der Waals surface area contributed by atoms with E-state index in [1.807, 2.05) is 36.2 Å². The van der Waals surface area contributed by atoms with Crippen molar-refractivity contribution in [2.75, 3.05) is 52.9 Å². The standard InChI is InChI=1S/C33H48ClF2N5O3/c1-22(42)41(25-10-12-33(35,36)13-11-25)26-18-29(31(44)38-16-14-37(5)15-17-38)40(19-26)30(43)28-21-39(32(2,3)4)20-27(28)23-6-8-24(34)9-7-23/h6-9,25-29H,10-21H2,1-5H3/t26-,27-,28-,29-/m0/s1. The van der Waals surface area contributed by atoms with E-state index in [1.54, 1.807) is 9.80 Å². The first-order valence-corrected chi connectivity index (χ1v) is 16.5. The van der Waals surface area contributed by atoms with Gasteiger partial charge in [-0.3, -0.25) is 19.3 Å². The molecule has 0 spiro atoms. The second-order valence-corrected chi connectivity index (χ2v) is 14.8. The molecule has 0 radical (unpaired) electrons. The maximum absolute atomic E-state index is 14.7. The van der Waals surface area contributed by atoms with Gasteiger partial charge < -0.3 is 19.6 Å². The first kappa shape index (κ1) is 33.1. The molecule has 0 unspecified atom stereocenters. The van der Waals surface area contributed by atoms with Gasteiger partial charge in [0.05, 0.1) is 12.0 Å². The second-order valence-electron chi connectivity index (χ2n) is 14.4. The molecular weight excluding hydrogens is 588 g/mol. The lowest BCUT2D eigenvalue weighted by atomic mass is 9.87. The summed E-state index contributed by atoms with van der Waals surface area (Å²) < 4.78 is 28.1. The van der Waals surface area contributed by atoms with Crippen LogP contribution >= 0.6 is 11.6 Å². The SMILES string of the molecule is CC(=O)N(C1CCC(F)(F)CC1)[C@H]1C[C@@H](C(=O)N2CCN(C)CC2)N(C(=O)[C@H]2CN(C(C)(C)C)C[C@H]2c2ccc(Cl)cc2)C1. The van der Waals surface area contributed by atoms with Gasteiger partial charge in [-0.1, -0.05) is 23.7 Å². The number of carbonyl (C=O) groups is 3. The Morgan fingerprint density at radius 1 is 0.909 bits per heavy atom. The van der Waals surface area contributed by atoms with Crippen molar-refractivity contribution < 1.29 is 23.2 Å². The van der Waals surface area contributed by atoms with Gasteiger partial charge >= 0.3 is 0 Å². The minimum atomic E-state index is -2.71. The lowest BCUT2D eigenvalue weighted by Gasteiger charge is -2.39. The molecule has 1 saturated carbocycles. The molecule has 0 aromatic heterocycles. The summed E-state index contributed by atoms with van der Waals surface area (Å²) in [4.78, 5) is 51.7. The Kier molecular flexibility index (Phi) is 9.65. The molecule has 5 rings (SSSR count). The minimum absolute atomic E-state index is 0.0784. The van der Waals surface area contributed by atoms with Crippen LogP contribution in [0.1, 0.15) is 71.3 Å². The third-order valence-corrected chi connectivity index (χ3v) is 10.6. The van der Waals surface area contributed by atoms with Crippen molar-refractivity contribution >= 4 is 29.3 Å². The number of hydrogen-bond acceptors (Lipinski definition) is 5. The zero-order valence-corrected chi connectivity index (χ0v) is 27.5. The van der Waals surface area contributed by atoms with Crippen LogP contribution in [0.25, 0.3) is 0 Å². The fourth-order valence-corrected chi connectivity index (χ4v) is 7.83. The first-order chi connectivity index (χ1) is 20.6. The molecule has 4 atom stereocenters. The van der Waals surface area contributed by atoms with Crippen LogP contribution in [0.2, 0.25) is 5.02 Å². The molecule has 4 fully saturated rings. The number of halogens is 3. The van der Waals surface area contributed by atoms with Crippen LogP contribution in [0.15, 0.2) is 24.3 Å². The highest BCUT2D eigenvalue weighted by atomic mass is 35.5. The number of likely N-dealkylation sites (N-methyl/N-ethyl adjacent to an activating group) is 1. The Hall–Kier alpha value is -2.30. The van der Waals surface area contributed by atoms with E-state index in [-0.39, 0.29) is 73.4 Å². The van der Waals surface area contributed by atoms with Crippen molar-refractivity contribution in [3.63, 3.8) is 0 Å². The van der Waals surface area contributed by atoms with Gasteiger partial charge in [-0.05, 0) is 64.8 Å². The smallest absolute Gasteiger partial charge is 0.248 e. The average molecular weight is 636 g/mol. The molecule has 11 heteroatoms. The predicted molar refractivity (Wildman–Crippen MR) is 167 cm³/mol. The maximum Gasteiger partial charge on any atom is 0.248 e. The molecule has 3 amide bonds. The number of amides is 3. The van der Waals surface area contributed by atoms with Crippen LogP contribution in [0.3, 0.4) is 0 Å². The van der Waals surface area contributed by atoms with E-state index >= 15 is 0 Å². The maximum atomic E-state index is 14.7. The lowest BCUT2D eigenvalue weighted by molar-refractivity contribution is -0.147. The summed E-state index contributed by atoms with van der Waals surface area (Å²) in [5, 5.41) is 0.632. The Morgan fingerprint density at radius 3 is 2.09 bits per heavy atom. The van der Waals surface area contributed by atoms with E-state index in [4.69, 9.17) is 11.6 Å². The van der Waals surface area contributed by atoms with E-state index < -0.39 is 18.0 Å². The third-order valence-electron chi connectivity index (χ3n) is 10.4. The monoisotopic (exact) mass is 635 g/mol. The lowest BCUT2D eigenvalue weighted by Crippen LogP contribution is -2.54. The molecule has 0 N–H and O–H groups in total. The van der Waals surface area contributed by atoms with Gasteiger partial charge in [0.15, 0.2) is 0 Å². The van der Waals surface area contributed by atoms with Crippen LogP contribution in [-0.2, 0) is 14.4 Å². The molecule has 44 heavy (non-hydrogen) atoms. The molecule has 0 bridgehead atoms. The Morgan fingerprint density at radius 2 is 1.52 bits per heavy atom. The van der Waals surface area contributed by atoms with E-state index in [9.17, 15) is 23.2 Å². The van der Waals surface area contributed by atoms with Crippen molar-refractivity contribution in [2.24, 2.45) is 5.92 Å². The summed E-state index contributed by atoms with van der Waals surface area (Å²) in [7, 11) is 2.03. The van der Waals surface area contributed by atoms with Crippen LogP contribution in [0.5, 0.6) is 0 Å². The molecule has 4 aliphatic rings. The van der Waals surface area contributed by atoms with Gasteiger partial charge in [0, 0.05) is 88.1 Å². The molecular formula is C33H48ClF2N5O3. The Labute approximate surface area is 265 Å². The van der Waals surface area contributed by atoms with E-state index in [0.717, 1.165) is 18.7 Å². The van der Waals surface area contributed by atoms with Crippen molar-refractivity contribution in [2.45, 2.75) is 95.3 Å². The number of rotatable bonds is 5. The summed E-state index contributed by atoms with van der Waals surface area (Å²) in [6.07, 6.45) is 0.248. The van der Waals surface area contributed by atoms with E-state index in [1.165, 1.54) is 6.92 Å². The zero-order chi connectivity index (χ0) is 32.0. The largest absolute Gasteiger partial charge is 0.338 e. The molecule has 1 aromatic carbocycles. The number of alkyl halides is 2. The Balaban J connectivity index is 1.45. The van der Waals surface area contributed by atoms with E-state index in [0.29, 0.717) is 37.6 Å². The summed E-state index contributed by atoms with van der Waals surface area (Å²) in [5.41, 5.74) is 0.877. The topological polar surface area (TPSA) is 67.4 Å². The highest BCUT2D eigenvalue weighted by Crippen LogP contribution is 2.41. The highest BCUT2D eigenvalue weighted by Gasteiger charge is 2.51.